The number of esters is 1. The molecule has 0 aliphatic rings. The highest BCUT2D eigenvalue weighted by Gasteiger charge is 2.13. The minimum Gasteiger partial charge on any atom is -0.490 e. The first-order valence-corrected chi connectivity index (χ1v) is 9.84. The van der Waals surface area contributed by atoms with Crippen LogP contribution >= 0.6 is 15.9 Å². The van der Waals surface area contributed by atoms with Gasteiger partial charge in [0.15, 0.2) is 11.5 Å². The first-order chi connectivity index (χ1) is 14.6. The Kier molecular flexibility index (Phi) is 7.29. The number of hydrogen-bond donors (Lipinski definition) is 1. The maximum Gasteiger partial charge on any atom is 0.343 e. The van der Waals surface area contributed by atoms with Crippen LogP contribution in [0, 0.1) is 0 Å². The fourth-order valence-electron chi connectivity index (χ4n) is 2.43. The van der Waals surface area contributed by atoms with Crippen LogP contribution < -0.4 is 14.9 Å². The van der Waals surface area contributed by atoms with E-state index in [0.29, 0.717) is 34.8 Å². The highest BCUT2D eigenvalue weighted by molar-refractivity contribution is 9.10. The summed E-state index contributed by atoms with van der Waals surface area (Å²) in [6.45, 7) is 2.22. The van der Waals surface area contributed by atoms with Gasteiger partial charge in [-0.05, 0) is 67.1 Å². The van der Waals surface area contributed by atoms with Crippen molar-refractivity contribution in [1.82, 2.24) is 10.4 Å². The highest BCUT2D eigenvalue weighted by atomic mass is 79.9. The fourth-order valence-corrected chi connectivity index (χ4v) is 2.69. The minimum absolute atomic E-state index is 0.293. The van der Waals surface area contributed by atoms with E-state index in [2.05, 4.69) is 31.4 Å². The molecule has 0 bridgehead atoms. The van der Waals surface area contributed by atoms with Gasteiger partial charge in [-0.25, -0.2) is 10.2 Å². The van der Waals surface area contributed by atoms with Crippen LogP contribution in [0.5, 0.6) is 11.5 Å². The smallest absolute Gasteiger partial charge is 0.343 e. The van der Waals surface area contributed by atoms with Gasteiger partial charge in [0, 0.05) is 16.9 Å². The molecule has 0 saturated heterocycles. The molecule has 0 spiro atoms. The highest BCUT2D eigenvalue weighted by Crippen LogP contribution is 2.29. The molecule has 0 unspecified atom stereocenters. The molecule has 0 aliphatic carbocycles. The molecule has 0 aliphatic heterocycles. The predicted molar refractivity (Wildman–Crippen MR) is 116 cm³/mol. The Morgan fingerprint density at radius 3 is 2.60 bits per heavy atom. The van der Waals surface area contributed by atoms with Crippen molar-refractivity contribution >= 4 is 34.0 Å². The van der Waals surface area contributed by atoms with Crippen LogP contribution in [-0.4, -0.2) is 29.7 Å². The molecular weight excluding hydrogens is 450 g/mol. The minimum atomic E-state index is -0.492. The standard InChI is InChI=1S/C22H18BrN3O4/c1-2-29-20-12-15(13-25-26-21(27)17-4-3-11-24-14-17)5-10-19(20)30-22(28)16-6-8-18(23)9-7-16/h3-14H,2H2,1H3,(H,26,27). The number of nitrogens with one attached hydrogen (secondary N) is 1. The Morgan fingerprint density at radius 1 is 1.10 bits per heavy atom. The monoisotopic (exact) mass is 467 g/mol. The fraction of sp³-hybridized carbons (Fsp3) is 0.0909. The van der Waals surface area contributed by atoms with Crippen molar-refractivity contribution in [1.29, 1.82) is 0 Å². The van der Waals surface area contributed by atoms with E-state index in [1.165, 1.54) is 12.4 Å². The van der Waals surface area contributed by atoms with E-state index >= 15 is 0 Å². The van der Waals surface area contributed by atoms with Crippen LogP contribution in [0.3, 0.4) is 0 Å². The third-order valence-electron chi connectivity index (χ3n) is 3.85. The maximum atomic E-state index is 12.4. The third-order valence-corrected chi connectivity index (χ3v) is 4.38. The summed E-state index contributed by atoms with van der Waals surface area (Å²) in [6.07, 6.45) is 4.50. The zero-order valence-corrected chi connectivity index (χ0v) is 17.6. The lowest BCUT2D eigenvalue weighted by atomic mass is 10.2. The lowest BCUT2D eigenvalue weighted by molar-refractivity contribution is 0.0728. The summed E-state index contributed by atoms with van der Waals surface area (Å²) in [5.41, 5.74) is 3.92. The second kappa shape index (κ2) is 10.3. The summed E-state index contributed by atoms with van der Waals surface area (Å²) in [4.78, 5) is 28.3. The van der Waals surface area contributed by atoms with Crippen LogP contribution in [-0.2, 0) is 0 Å². The lowest BCUT2D eigenvalue weighted by Gasteiger charge is -2.11. The van der Waals surface area contributed by atoms with Gasteiger partial charge < -0.3 is 9.47 Å². The molecule has 0 fully saturated rings. The van der Waals surface area contributed by atoms with Gasteiger partial charge in [-0.3, -0.25) is 9.78 Å². The number of nitrogens with zero attached hydrogens (tertiary/aromatic N) is 2. The van der Waals surface area contributed by atoms with Crippen molar-refractivity contribution in [3.05, 3.63) is 88.2 Å². The number of hydrogen-bond acceptors (Lipinski definition) is 6. The lowest BCUT2D eigenvalue weighted by Crippen LogP contribution is -2.17. The molecule has 1 aromatic heterocycles. The predicted octanol–water partition coefficient (Wildman–Crippen LogP) is 4.23. The van der Waals surface area contributed by atoms with E-state index in [1.807, 2.05) is 6.92 Å². The molecule has 1 heterocycles. The first kappa shape index (κ1) is 21.2. The molecule has 7 nitrogen and oxygen atoms in total. The second-order valence-electron chi connectivity index (χ2n) is 5.98. The largest absolute Gasteiger partial charge is 0.490 e. The van der Waals surface area contributed by atoms with Crippen LogP contribution in [0.15, 0.2) is 76.6 Å². The van der Waals surface area contributed by atoms with Crippen molar-refractivity contribution in [2.24, 2.45) is 5.10 Å². The van der Waals surface area contributed by atoms with Crippen LogP contribution in [0.2, 0.25) is 0 Å². The van der Waals surface area contributed by atoms with Gasteiger partial charge in [0.25, 0.3) is 5.91 Å². The Morgan fingerprint density at radius 2 is 1.90 bits per heavy atom. The molecular formula is C22H18BrN3O4. The van der Waals surface area contributed by atoms with Gasteiger partial charge >= 0.3 is 5.97 Å². The number of benzene rings is 2. The zero-order valence-electron chi connectivity index (χ0n) is 16.0. The number of aromatic nitrogens is 1. The summed E-state index contributed by atoms with van der Waals surface area (Å²) < 4.78 is 11.9. The summed E-state index contributed by atoms with van der Waals surface area (Å²) in [7, 11) is 0. The number of hydrazone groups is 1. The molecule has 0 radical (unpaired) electrons. The number of halogens is 1. The van der Waals surface area contributed by atoms with Crippen LogP contribution in [0.25, 0.3) is 0 Å². The van der Waals surface area contributed by atoms with E-state index in [-0.39, 0.29) is 5.91 Å². The Bertz CT molecular complexity index is 1050. The maximum absolute atomic E-state index is 12.4. The van der Waals surface area contributed by atoms with Crippen LogP contribution in [0.4, 0.5) is 0 Å². The van der Waals surface area contributed by atoms with Gasteiger partial charge in [-0.1, -0.05) is 15.9 Å². The molecule has 1 N–H and O–H groups in total. The zero-order chi connectivity index (χ0) is 21.3. The second-order valence-corrected chi connectivity index (χ2v) is 6.89. The van der Waals surface area contributed by atoms with Crippen molar-refractivity contribution in [3.63, 3.8) is 0 Å². The number of amides is 1. The normalized spacial score (nSPS) is 10.6. The molecule has 30 heavy (non-hydrogen) atoms. The van der Waals surface area contributed by atoms with Gasteiger partial charge in [0.05, 0.1) is 23.9 Å². The van der Waals surface area contributed by atoms with E-state index < -0.39 is 5.97 Å². The topological polar surface area (TPSA) is 89.9 Å². The third kappa shape index (κ3) is 5.74. The number of rotatable bonds is 7. The SMILES string of the molecule is CCOc1cc(C=NNC(=O)c2cccnc2)ccc1OC(=O)c1ccc(Br)cc1. The Labute approximate surface area is 181 Å². The molecule has 0 saturated carbocycles. The quantitative estimate of drug-likeness (QED) is 0.243. The van der Waals surface area contributed by atoms with E-state index in [1.54, 1.807) is 60.8 Å². The molecule has 3 rings (SSSR count). The van der Waals surface area contributed by atoms with Crippen molar-refractivity contribution in [3.8, 4) is 11.5 Å². The molecule has 152 valence electrons. The number of carbonyl (C=O) groups is 2. The van der Waals surface area contributed by atoms with Crippen molar-refractivity contribution < 1.29 is 19.1 Å². The van der Waals surface area contributed by atoms with Gasteiger partial charge in [-0.2, -0.15) is 5.10 Å². The number of pyridine rings is 1. The molecule has 1 amide bonds. The van der Waals surface area contributed by atoms with Crippen molar-refractivity contribution in [2.45, 2.75) is 6.92 Å². The Balaban J connectivity index is 1.70. The number of carbonyl (C=O) groups excluding carboxylic acids is 2. The van der Waals surface area contributed by atoms with E-state index in [0.717, 1.165) is 4.47 Å². The van der Waals surface area contributed by atoms with Gasteiger partial charge in [0.2, 0.25) is 0 Å². The average Bonchev–Trinajstić information content (AvgIpc) is 2.76. The average molecular weight is 468 g/mol. The van der Waals surface area contributed by atoms with E-state index in [4.69, 9.17) is 9.47 Å². The van der Waals surface area contributed by atoms with Gasteiger partial charge in [-0.15, -0.1) is 0 Å². The molecule has 2 aromatic carbocycles. The molecule has 3 aromatic rings. The Hall–Kier alpha value is -3.52. The summed E-state index contributed by atoms with van der Waals surface area (Å²) in [5.74, 6) is -0.176. The van der Waals surface area contributed by atoms with E-state index in [9.17, 15) is 9.59 Å². The summed E-state index contributed by atoms with van der Waals surface area (Å²) in [6, 6.07) is 15.2. The van der Waals surface area contributed by atoms with Crippen LogP contribution in [0.1, 0.15) is 33.2 Å². The first-order valence-electron chi connectivity index (χ1n) is 9.05. The van der Waals surface area contributed by atoms with Gasteiger partial charge in [0.1, 0.15) is 0 Å². The van der Waals surface area contributed by atoms with Crippen molar-refractivity contribution in [2.75, 3.05) is 6.61 Å². The molecule has 0 atom stereocenters. The summed E-state index contributed by atoms with van der Waals surface area (Å²) in [5, 5.41) is 3.95. The summed E-state index contributed by atoms with van der Waals surface area (Å²) >= 11 is 3.33. The number of ether oxygens (including phenoxy) is 2. The molecule has 8 heteroatoms.